The molecule has 0 aromatic heterocycles. The van der Waals surface area contributed by atoms with E-state index in [1.54, 1.807) is 12.1 Å². The number of hydrogen-bond donors (Lipinski definition) is 2. The molecule has 0 spiro atoms. The van der Waals surface area contributed by atoms with Crippen molar-refractivity contribution in [1.82, 2.24) is 10.2 Å². The number of hydrogen-bond acceptors (Lipinski definition) is 2. The first-order valence-electron chi connectivity index (χ1n) is 7.59. The number of piperidine rings is 1. The highest BCUT2D eigenvalue weighted by molar-refractivity contribution is 6.33. The van der Waals surface area contributed by atoms with E-state index in [4.69, 9.17) is 11.6 Å². The minimum atomic E-state index is -0.208. The van der Waals surface area contributed by atoms with Crippen molar-refractivity contribution in [2.75, 3.05) is 25.0 Å². The molecule has 0 aliphatic carbocycles. The largest absolute Gasteiger partial charge is 0.336 e. The van der Waals surface area contributed by atoms with Crippen LogP contribution in [0, 0.1) is 5.92 Å². The highest BCUT2D eigenvalue weighted by Gasteiger charge is 2.21. The van der Waals surface area contributed by atoms with Gasteiger partial charge in [0.1, 0.15) is 0 Å². The number of para-hydroxylation sites is 1. The molecule has 2 amide bonds. The lowest BCUT2D eigenvalue weighted by Crippen LogP contribution is -2.47. The van der Waals surface area contributed by atoms with Gasteiger partial charge in [0.15, 0.2) is 0 Å². The van der Waals surface area contributed by atoms with Crippen molar-refractivity contribution in [1.29, 1.82) is 0 Å². The van der Waals surface area contributed by atoms with Crippen LogP contribution in [0.15, 0.2) is 24.3 Å². The van der Waals surface area contributed by atoms with Gasteiger partial charge >= 0.3 is 6.03 Å². The summed E-state index contributed by atoms with van der Waals surface area (Å²) < 4.78 is 0. The Kier molecular flexibility index (Phi) is 5.88. The number of anilines is 1. The lowest BCUT2D eigenvalue weighted by molar-refractivity contribution is 0.138. The van der Waals surface area contributed by atoms with Gasteiger partial charge in [-0.1, -0.05) is 30.7 Å². The standard InChI is InChI=1S/C16H24ClN3O/c1-12-6-5-9-20(11-12)13(2)10-18-16(21)19-15-8-4-3-7-14(15)17/h3-4,7-8,12-13H,5-6,9-11H2,1-2H3,(H2,18,19,21)/t12-,13-/m0/s1. The third-order valence-corrected chi connectivity index (χ3v) is 4.32. The fourth-order valence-electron chi connectivity index (χ4n) is 2.72. The normalized spacial score (nSPS) is 20.8. The van der Waals surface area contributed by atoms with E-state index in [1.165, 1.54) is 12.8 Å². The van der Waals surface area contributed by atoms with Gasteiger partial charge in [0.25, 0.3) is 0 Å². The van der Waals surface area contributed by atoms with Gasteiger partial charge in [-0.2, -0.15) is 0 Å². The van der Waals surface area contributed by atoms with Crippen LogP contribution in [0.4, 0.5) is 10.5 Å². The van der Waals surface area contributed by atoms with E-state index in [0.29, 0.717) is 23.3 Å². The van der Waals surface area contributed by atoms with E-state index in [9.17, 15) is 4.79 Å². The molecule has 1 heterocycles. The molecule has 1 aliphatic heterocycles. The minimum absolute atomic E-state index is 0.208. The summed E-state index contributed by atoms with van der Waals surface area (Å²) in [4.78, 5) is 14.4. The molecule has 2 atom stereocenters. The van der Waals surface area contributed by atoms with Gasteiger partial charge in [-0.25, -0.2) is 4.79 Å². The molecule has 1 aromatic carbocycles. The molecule has 1 fully saturated rings. The first-order chi connectivity index (χ1) is 10.1. The number of nitrogens with one attached hydrogen (secondary N) is 2. The molecule has 116 valence electrons. The second-order valence-corrected chi connectivity index (χ2v) is 6.31. The summed E-state index contributed by atoms with van der Waals surface area (Å²) in [5, 5.41) is 6.24. The number of likely N-dealkylation sites (tertiary alicyclic amines) is 1. The SMILES string of the molecule is C[C@H]1CCCN([C@@H](C)CNC(=O)Nc2ccccc2Cl)C1. The number of benzene rings is 1. The number of halogens is 1. The lowest BCUT2D eigenvalue weighted by Gasteiger charge is -2.35. The molecule has 0 saturated carbocycles. The topological polar surface area (TPSA) is 44.4 Å². The fraction of sp³-hybridized carbons (Fsp3) is 0.562. The number of rotatable bonds is 4. The van der Waals surface area contributed by atoms with Crippen LogP contribution in [-0.2, 0) is 0 Å². The summed E-state index contributed by atoms with van der Waals surface area (Å²) in [5.74, 6) is 0.748. The molecule has 2 N–H and O–H groups in total. The van der Waals surface area contributed by atoms with Crippen molar-refractivity contribution in [2.45, 2.75) is 32.7 Å². The molecular formula is C16H24ClN3O. The molecule has 21 heavy (non-hydrogen) atoms. The number of amides is 2. The lowest BCUT2D eigenvalue weighted by atomic mass is 9.99. The van der Waals surface area contributed by atoms with Crippen LogP contribution < -0.4 is 10.6 Å². The smallest absolute Gasteiger partial charge is 0.319 e. The molecule has 0 bridgehead atoms. The van der Waals surface area contributed by atoms with Crippen LogP contribution in [0.5, 0.6) is 0 Å². The van der Waals surface area contributed by atoms with Crippen LogP contribution in [0.2, 0.25) is 5.02 Å². The molecule has 2 rings (SSSR count). The Balaban J connectivity index is 1.77. The molecule has 0 radical (unpaired) electrons. The summed E-state index contributed by atoms with van der Waals surface area (Å²) in [6.45, 7) is 7.33. The number of carbonyl (C=O) groups is 1. The zero-order valence-corrected chi connectivity index (χ0v) is 13.5. The first-order valence-corrected chi connectivity index (χ1v) is 7.97. The molecule has 1 aromatic rings. The summed E-state index contributed by atoms with van der Waals surface area (Å²) >= 11 is 6.02. The van der Waals surface area contributed by atoms with E-state index >= 15 is 0 Å². The summed E-state index contributed by atoms with van der Waals surface area (Å²) in [7, 11) is 0. The number of carbonyl (C=O) groups excluding carboxylic acids is 1. The highest BCUT2D eigenvalue weighted by atomic mass is 35.5. The highest BCUT2D eigenvalue weighted by Crippen LogP contribution is 2.20. The molecule has 5 heteroatoms. The average molecular weight is 310 g/mol. The zero-order chi connectivity index (χ0) is 15.2. The quantitative estimate of drug-likeness (QED) is 0.893. The Hall–Kier alpha value is -1.26. The molecular weight excluding hydrogens is 286 g/mol. The summed E-state index contributed by atoms with van der Waals surface area (Å²) in [6.07, 6.45) is 2.56. The van der Waals surface area contributed by atoms with Crippen LogP contribution in [-0.4, -0.2) is 36.6 Å². The van der Waals surface area contributed by atoms with Gasteiger partial charge in [-0.15, -0.1) is 0 Å². The maximum atomic E-state index is 11.9. The second-order valence-electron chi connectivity index (χ2n) is 5.91. The molecule has 4 nitrogen and oxygen atoms in total. The van der Waals surface area contributed by atoms with E-state index in [-0.39, 0.29) is 6.03 Å². The van der Waals surface area contributed by atoms with Crippen molar-refractivity contribution in [2.24, 2.45) is 5.92 Å². The molecule has 0 unspecified atom stereocenters. The third-order valence-electron chi connectivity index (χ3n) is 3.99. The third kappa shape index (κ3) is 4.90. The Morgan fingerprint density at radius 2 is 2.24 bits per heavy atom. The van der Waals surface area contributed by atoms with Gasteiger partial charge in [-0.05, 0) is 44.4 Å². The van der Waals surface area contributed by atoms with Gasteiger partial charge in [0.05, 0.1) is 10.7 Å². The Bertz CT molecular complexity index is 480. The number of urea groups is 1. The predicted octanol–water partition coefficient (Wildman–Crippen LogP) is 3.58. The van der Waals surface area contributed by atoms with Gasteiger partial charge in [0, 0.05) is 19.1 Å². The van der Waals surface area contributed by atoms with Crippen LogP contribution >= 0.6 is 11.6 Å². The predicted molar refractivity (Wildman–Crippen MR) is 87.9 cm³/mol. The van der Waals surface area contributed by atoms with E-state index in [2.05, 4.69) is 29.4 Å². The van der Waals surface area contributed by atoms with E-state index in [0.717, 1.165) is 19.0 Å². The van der Waals surface area contributed by atoms with Gasteiger partial charge < -0.3 is 10.6 Å². The van der Waals surface area contributed by atoms with E-state index in [1.807, 2.05) is 12.1 Å². The second kappa shape index (κ2) is 7.66. The van der Waals surface area contributed by atoms with Gasteiger partial charge in [0.2, 0.25) is 0 Å². The Labute approximate surface area is 131 Å². The van der Waals surface area contributed by atoms with Crippen molar-refractivity contribution in [3.63, 3.8) is 0 Å². The maximum absolute atomic E-state index is 11.9. The Morgan fingerprint density at radius 1 is 1.48 bits per heavy atom. The van der Waals surface area contributed by atoms with Crippen molar-refractivity contribution >= 4 is 23.3 Å². The first kappa shape index (κ1) is 16.1. The van der Waals surface area contributed by atoms with Gasteiger partial charge in [-0.3, -0.25) is 4.90 Å². The van der Waals surface area contributed by atoms with Crippen LogP contribution in [0.3, 0.4) is 0 Å². The molecule has 1 saturated heterocycles. The summed E-state index contributed by atoms with van der Waals surface area (Å²) in [6, 6.07) is 7.38. The van der Waals surface area contributed by atoms with E-state index < -0.39 is 0 Å². The summed E-state index contributed by atoms with van der Waals surface area (Å²) in [5.41, 5.74) is 0.635. The monoisotopic (exact) mass is 309 g/mol. The minimum Gasteiger partial charge on any atom is -0.336 e. The van der Waals surface area contributed by atoms with Crippen LogP contribution in [0.1, 0.15) is 26.7 Å². The number of nitrogens with zero attached hydrogens (tertiary/aromatic N) is 1. The van der Waals surface area contributed by atoms with Crippen molar-refractivity contribution in [3.8, 4) is 0 Å². The maximum Gasteiger partial charge on any atom is 0.319 e. The molecule has 1 aliphatic rings. The van der Waals surface area contributed by atoms with Crippen molar-refractivity contribution in [3.05, 3.63) is 29.3 Å². The fourth-order valence-corrected chi connectivity index (χ4v) is 2.91. The Morgan fingerprint density at radius 3 is 2.95 bits per heavy atom. The van der Waals surface area contributed by atoms with Crippen molar-refractivity contribution < 1.29 is 4.79 Å². The zero-order valence-electron chi connectivity index (χ0n) is 12.7. The van der Waals surface area contributed by atoms with Crippen LogP contribution in [0.25, 0.3) is 0 Å². The average Bonchev–Trinajstić information content (AvgIpc) is 2.47.